The van der Waals surface area contributed by atoms with Gasteiger partial charge in [0.1, 0.15) is 0 Å². The monoisotopic (exact) mass is 293 g/mol. The molecule has 2 rings (SSSR count). The normalized spacial score (nSPS) is 16.9. The number of nitro groups is 1. The van der Waals surface area contributed by atoms with Crippen LogP contribution in [0.3, 0.4) is 0 Å². The summed E-state index contributed by atoms with van der Waals surface area (Å²) in [6, 6.07) is 5.66. The van der Waals surface area contributed by atoms with Gasteiger partial charge in [0.2, 0.25) is 0 Å². The van der Waals surface area contributed by atoms with E-state index in [2.05, 4.69) is 23.6 Å². The number of nitrogens with zero attached hydrogens (tertiary/aromatic N) is 3. The summed E-state index contributed by atoms with van der Waals surface area (Å²) in [4.78, 5) is 15.3. The van der Waals surface area contributed by atoms with Crippen molar-refractivity contribution in [3.8, 4) is 5.75 Å². The third-order valence-corrected chi connectivity index (χ3v) is 3.99. The Hall–Kier alpha value is -1.82. The van der Waals surface area contributed by atoms with Crippen molar-refractivity contribution in [1.82, 2.24) is 4.90 Å². The molecule has 0 saturated carbocycles. The summed E-state index contributed by atoms with van der Waals surface area (Å²) in [5, 5.41) is 10.9. The Morgan fingerprint density at radius 2 is 2.00 bits per heavy atom. The van der Waals surface area contributed by atoms with E-state index in [0.717, 1.165) is 38.3 Å². The van der Waals surface area contributed by atoms with Crippen molar-refractivity contribution < 1.29 is 9.66 Å². The zero-order chi connectivity index (χ0) is 15.4. The highest BCUT2D eigenvalue weighted by Gasteiger charge is 2.20. The number of rotatable bonds is 4. The zero-order valence-corrected chi connectivity index (χ0v) is 12.9. The quantitative estimate of drug-likeness (QED) is 0.630. The summed E-state index contributed by atoms with van der Waals surface area (Å²) >= 11 is 0. The third-order valence-electron chi connectivity index (χ3n) is 3.99. The molecule has 1 fully saturated rings. The molecule has 0 aromatic heterocycles. The van der Waals surface area contributed by atoms with Crippen LogP contribution >= 0.6 is 0 Å². The fourth-order valence-corrected chi connectivity index (χ4v) is 2.73. The second-order valence-electron chi connectivity index (χ2n) is 5.58. The molecule has 0 N–H and O–H groups in total. The molecule has 6 heteroatoms. The first-order valence-electron chi connectivity index (χ1n) is 7.34. The average Bonchev–Trinajstić information content (AvgIpc) is 2.72. The minimum Gasteiger partial charge on any atom is -0.490 e. The van der Waals surface area contributed by atoms with Crippen LogP contribution in [0.5, 0.6) is 5.75 Å². The minimum atomic E-state index is -0.411. The lowest BCUT2D eigenvalue weighted by Gasteiger charge is -2.26. The minimum absolute atomic E-state index is 0.0138. The molecule has 21 heavy (non-hydrogen) atoms. The molecule has 1 aromatic carbocycles. The SMILES string of the molecule is COc1cc(N2CCCN(C(C)C)CC2)ccc1[N+](=O)[O-]. The van der Waals surface area contributed by atoms with Gasteiger partial charge in [-0.15, -0.1) is 0 Å². The first-order valence-corrected chi connectivity index (χ1v) is 7.34. The van der Waals surface area contributed by atoms with E-state index in [9.17, 15) is 10.1 Å². The molecular weight excluding hydrogens is 270 g/mol. The lowest BCUT2D eigenvalue weighted by Crippen LogP contribution is -2.35. The molecule has 0 aliphatic carbocycles. The smallest absolute Gasteiger partial charge is 0.311 e. The van der Waals surface area contributed by atoms with E-state index in [1.165, 1.54) is 13.2 Å². The van der Waals surface area contributed by atoms with Gasteiger partial charge >= 0.3 is 5.69 Å². The number of hydrogen-bond donors (Lipinski definition) is 0. The Morgan fingerprint density at radius 1 is 1.24 bits per heavy atom. The molecule has 1 aromatic rings. The van der Waals surface area contributed by atoms with Crippen molar-refractivity contribution in [2.45, 2.75) is 26.3 Å². The van der Waals surface area contributed by atoms with Gasteiger partial charge in [0.25, 0.3) is 0 Å². The van der Waals surface area contributed by atoms with Crippen LogP contribution in [0.2, 0.25) is 0 Å². The van der Waals surface area contributed by atoms with Crippen molar-refractivity contribution in [1.29, 1.82) is 0 Å². The van der Waals surface area contributed by atoms with Gasteiger partial charge in [-0.25, -0.2) is 0 Å². The molecule has 0 bridgehead atoms. The van der Waals surface area contributed by atoms with E-state index < -0.39 is 4.92 Å². The lowest BCUT2D eigenvalue weighted by molar-refractivity contribution is -0.385. The van der Waals surface area contributed by atoms with Crippen molar-refractivity contribution in [2.75, 3.05) is 38.2 Å². The summed E-state index contributed by atoms with van der Waals surface area (Å²) in [5.74, 6) is 0.322. The summed E-state index contributed by atoms with van der Waals surface area (Å²) < 4.78 is 5.15. The molecule has 6 nitrogen and oxygen atoms in total. The second-order valence-corrected chi connectivity index (χ2v) is 5.58. The number of ether oxygens (including phenoxy) is 1. The van der Waals surface area contributed by atoms with E-state index in [0.29, 0.717) is 11.8 Å². The molecule has 0 spiro atoms. The molecule has 1 aliphatic rings. The highest BCUT2D eigenvalue weighted by molar-refractivity contribution is 5.59. The fraction of sp³-hybridized carbons (Fsp3) is 0.600. The lowest BCUT2D eigenvalue weighted by atomic mass is 10.2. The van der Waals surface area contributed by atoms with E-state index in [1.807, 2.05) is 6.07 Å². The van der Waals surface area contributed by atoms with Crippen LogP contribution in [-0.4, -0.2) is 49.2 Å². The summed E-state index contributed by atoms with van der Waals surface area (Å²) in [6.07, 6.45) is 1.09. The first kappa shape index (κ1) is 15.6. The van der Waals surface area contributed by atoms with Crippen LogP contribution in [0.1, 0.15) is 20.3 Å². The van der Waals surface area contributed by atoms with Gasteiger partial charge in [0.15, 0.2) is 5.75 Å². The molecule has 1 saturated heterocycles. The summed E-state index contributed by atoms with van der Waals surface area (Å²) in [7, 11) is 1.47. The van der Waals surface area contributed by atoms with Crippen LogP contribution in [0.4, 0.5) is 11.4 Å². The van der Waals surface area contributed by atoms with Gasteiger partial charge in [0.05, 0.1) is 12.0 Å². The van der Waals surface area contributed by atoms with Crippen LogP contribution in [0, 0.1) is 10.1 Å². The van der Waals surface area contributed by atoms with E-state index in [1.54, 1.807) is 6.07 Å². The van der Waals surface area contributed by atoms with E-state index >= 15 is 0 Å². The molecule has 1 heterocycles. The summed E-state index contributed by atoms with van der Waals surface area (Å²) in [5.41, 5.74) is 1.00. The maximum absolute atomic E-state index is 10.9. The Labute approximate surface area is 125 Å². The molecular formula is C15H23N3O3. The van der Waals surface area contributed by atoms with Crippen LogP contribution in [0.15, 0.2) is 18.2 Å². The third kappa shape index (κ3) is 3.64. The van der Waals surface area contributed by atoms with Crippen LogP contribution in [-0.2, 0) is 0 Å². The number of anilines is 1. The summed E-state index contributed by atoms with van der Waals surface area (Å²) in [6.45, 7) is 8.42. The predicted molar refractivity (Wildman–Crippen MR) is 83.2 cm³/mol. The Balaban J connectivity index is 2.16. The Bertz CT molecular complexity index is 505. The highest BCUT2D eigenvalue weighted by atomic mass is 16.6. The van der Waals surface area contributed by atoms with Crippen LogP contribution in [0.25, 0.3) is 0 Å². The molecule has 0 unspecified atom stereocenters. The van der Waals surface area contributed by atoms with Crippen molar-refractivity contribution in [3.63, 3.8) is 0 Å². The fourth-order valence-electron chi connectivity index (χ4n) is 2.73. The van der Waals surface area contributed by atoms with Gasteiger partial charge in [-0.3, -0.25) is 15.0 Å². The van der Waals surface area contributed by atoms with Gasteiger partial charge in [0, 0.05) is 50.0 Å². The van der Waals surface area contributed by atoms with Crippen molar-refractivity contribution in [3.05, 3.63) is 28.3 Å². The van der Waals surface area contributed by atoms with Gasteiger partial charge in [-0.1, -0.05) is 0 Å². The largest absolute Gasteiger partial charge is 0.490 e. The molecule has 116 valence electrons. The number of benzene rings is 1. The number of methoxy groups -OCH3 is 1. The maximum Gasteiger partial charge on any atom is 0.311 e. The van der Waals surface area contributed by atoms with Crippen molar-refractivity contribution in [2.24, 2.45) is 0 Å². The van der Waals surface area contributed by atoms with E-state index in [-0.39, 0.29) is 5.69 Å². The highest BCUT2D eigenvalue weighted by Crippen LogP contribution is 2.31. The second kappa shape index (κ2) is 6.76. The number of nitro benzene ring substituents is 1. The standard InChI is InChI=1S/C15H23N3O3/c1-12(2)16-7-4-8-17(10-9-16)13-5-6-14(18(19)20)15(11-13)21-3/h5-6,11-12H,4,7-10H2,1-3H3. The Kier molecular flexibility index (Phi) is 5.01. The topological polar surface area (TPSA) is 58.8 Å². The van der Waals surface area contributed by atoms with Crippen molar-refractivity contribution >= 4 is 11.4 Å². The first-order chi connectivity index (χ1) is 10.0. The molecule has 0 atom stereocenters. The predicted octanol–water partition coefficient (Wildman–Crippen LogP) is 2.52. The van der Waals surface area contributed by atoms with Gasteiger partial charge < -0.3 is 9.64 Å². The molecule has 1 aliphatic heterocycles. The molecule has 0 amide bonds. The maximum atomic E-state index is 10.9. The van der Waals surface area contributed by atoms with Gasteiger partial charge in [-0.05, 0) is 26.3 Å². The Morgan fingerprint density at radius 3 is 2.62 bits per heavy atom. The number of hydrogen-bond acceptors (Lipinski definition) is 5. The van der Waals surface area contributed by atoms with E-state index in [4.69, 9.17) is 4.74 Å². The average molecular weight is 293 g/mol. The zero-order valence-electron chi connectivity index (χ0n) is 12.9. The molecule has 0 radical (unpaired) electrons. The van der Waals surface area contributed by atoms with Crippen LogP contribution < -0.4 is 9.64 Å². The van der Waals surface area contributed by atoms with Gasteiger partial charge in [-0.2, -0.15) is 0 Å².